The van der Waals surface area contributed by atoms with E-state index in [1.807, 2.05) is 12.4 Å². The van der Waals surface area contributed by atoms with Gasteiger partial charge in [-0.25, -0.2) is 0 Å². The van der Waals surface area contributed by atoms with Crippen LogP contribution in [0.4, 0.5) is 0 Å². The first-order chi connectivity index (χ1) is 19.6. The fraction of sp³-hybridized carbons (Fsp3) is 0.611. The topological polar surface area (TPSA) is 124 Å². The Morgan fingerprint density at radius 3 is 1.16 bits per heavy atom. The van der Waals surface area contributed by atoms with Gasteiger partial charge in [0.1, 0.15) is 11.5 Å². The van der Waals surface area contributed by atoms with Gasteiger partial charge in [-0.05, 0) is 57.8 Å². The minimum Gasteiger partial charge on any atom is -0.507 e. The number of nitrogens with zero attached hydrogens (tertiary/aromatic N) is 5. The SMILES string of the molecule is CC(C)(C)c1cc(C=N[C@H]2CCCC[C@@H]2N=Cc2cc(C(C)(C)C)cc(C(C)(C)C)c2O)c(O)c(C(C)(C)C)c1.[Cr].[N-]=[N+]=[N-]. The Labute approximate surface area is 276 Å². The van der Waals surface area contributed by atoms with Crippen LogP contribution in [0.5, 0.6) is 11.5 Å². The minimum atomic E-state index is -0.179. The van der Waals surface area contributed by atoms with Crippen LogP contribution in [0.15, 0.2) is 34.3 Å². The number of aromatic hydroxyl groups is 2. The second-order valence-electron chi connectivity index (χ2n) is 16.0. The van der Waals surface area contributed by atoms with Crippen molar-refractivity contribution in [2.75, 3.05) is 0 Å². The molecule has 0 unspecified atom stereocenters. The number of phenols is 2. The average molecular weight is 641 g/mol. The van der Waals surface area contributed by atoms with Crippen molar-refractivity contribution >= 4 is 12.4 Å². The Morgan fingerprint density at radius 1 is 0.614 bits per heavy atom. The zero-order valence-corrected chi connectivity index (χ0v) is 30.3. The van der Waals surface area contributed by atoms with Gasteiger partial charge in [-0.1, -0.05) is 108 Å². The molecule has 1 fully saturated rings. The van der Waals surface area contributed by atoms with Gasteiger partial charge in [0.05, 0.1) is 12.1 Å². The van der Waals surface area contributed by atoms with Crippen LogP contribution >= 0.6 is 0 Å². The molecule has 8 heteroatoms. The van der Waals surface area contributed by atoms with Crippen molar-refractivity contribution in [1.29, 1.82) is 0 Å². The minimum absolute atomic E-state index is 0. The van der Waals surface area contributed by atoms with E-state index in [0.29, 0.717) is 11.5 Å². The van der Waals surface area contributed by atoms with Crippen molar-refractivity contribution in [3.05, 3.63) is 73.6 Å². The second kappa shape index (κ2) is 15.0. The molecule has 2 aromatic rings. The molecular weight excluding hydrogens is 586 g/mol. The van der Waals surface area contributed by atoms with E-state index in [2.05, 4.69) is 107 Å². The van der Waals surface area contributed by atoms with Gasteiger partial charge >= 0.3 is 0 Å². The predicted octanol–water partition coefficient (Wildman–Crippen LogP) is 10.0. The molecule has 0 radical (unpaired) electrons. The number of hydrogen-bond donors (Lipinski definition) is 2. The maximum Gasteiger partial charge on any atom is 0.128 e. The number of benzene rings is 2. The fourth-order valence-corrected chi connectivity index (χ4v) is 5.31. The maximum atomic E-state index is 11.2. The van der Waals surface area contributed by atoms with Gasteiger partial charge in [-0.2, -0.15) is 0 Å². The first kappa shape index (κ1) is 39.2. The third kappa shape index (κ3) is 10.4. The molecule has 0 aromatic heterocycles. The molecule has 1 saturated carbocycles. The van der Waals surface area contributed by atoms with Crippen molar-refractivity contribution < 1.29 is 27.6 Å². The average Bonchev–Trinajstić information content (AvgIpc) is 2.85. The molecule has 2 atom stereocenters. The summed E-state index contributed by atoms with van der Waals surface area (Å²) in [4.78, 5) is 11.6. The summed E-state index contributed by atoms with van der Waals surface area (Å²) in [6.45, 7) is 26.0. The van der Waals surface area contributed by atoms with Crippen molar-refractivity contribution in [2.24, 2.45) is 9.98 Å². The Morgan fingerprint density at radius 2 is 0.909 bits per heavy atom. The molecule has 44 heavy (non-hydrogen) atoms. The van der Waals surface area contributed by atoms with Crippen LogP contribution in [0.3, 0.4) is 0 Å². The normalized spacial score (nSPS) is 18.0. The van der Waals surface area contributed by atoms with Crippen LogP contribution in [0.25, 0.3) is 16.0 Å². The van der Waals surface area contributed by atoms with Gasteiger partial charge < -0.3 is 21.3 Å². The van der Waals surface area contributed by atoms with Crippen molar-refractivity contribution in [3.8, 4) is 11.5 Å². The molecule has 1 aliphatic carbocycles. The maximum absolute atomic E-state index is 11.2. The van der Waals surface area contributed by atoms with Gasteiger partial charge in [-0.15, -0.1) is 0 Å². The number of rotatable bonds is 4. The van der Waals surface area contributed by atoms with Gasteiger partial charge in [0.25, 0.3) is 0 Å². The Balaban J connectivity index is 0.00000232. The van der Waals surface area contributed by atoms with Crippen molar-refractivity contribution in [1.82, 2.24) is 0 Å². The van der Waals surface area contributed by atoms with E-state index in [4.69, 9.17) is 21.0 Å². The fourth-order valence-electron chi connectivity index (χ4n) is 5.31. The van der Waals surface area contributed by atoms with E-state index in [0.717, 1.165) is 47.9 Å². The monoisotopic (exact) mass is 640 g/mol. The van der Waals surface area contributed by atoms with Crippen molar-refractivity contribution in [3.63, 3.8) is 0 Å². The summed E-state index contributed by atoms with van der Waals surface area (Å²) < 4.78 is 0. The molecule has 0 amide bonds. The molecule has 2 aromatic carbocycles. The molecule has 3 rings (SSSR count). The standard InChI is InChI=1S/C36H54N2O2.Cr.N3/c1-33(2,3)25-17-23(31(39)27(19-25)35(7,8)9)21-37-29-15-13-14-16-30(29)38-22-24-18-26(34(4,5)6)20-28(32(24)40)36(10,11)12;;1-3-2/h17-22,29-30,39-40H,13-16H2,1-12H3;;/q;;-1/t29-,30-;;/m0../s1. The third-order valence-electron chi connectivity index (χ3n) is 8.13. The first-order valence-electron chi connectivity index (χ1n) is 15.4. The predicted molar refractivity (Wildman–Crippen MR) is 182 cm³/mol. The van der Waals surface area contributed by atoms with Crippen LogP contribution < -0.4 is 0 Å². The van der Waals surface area contributed by atoms with Crippen LogP contribution in [-0.4, -0.2) is 34.7 Å². The van der Waals surface area contributed by atoms with E-state index in [-0.39, 0.29) is 51.1 Å². The summed E-state index contributed by atoms with van der Waals surface area (Å²) in [5.74, 6) is 0.637. The summed E-state index contributed by atoms with van der Waals surface area (Å²) in [5.41, 5.74) is 18.9. The smallest absolute Gasteiger partial charge is 0.128 e. The molecule has 0 heterocycles. The molecule has 2 N–H and O–H groups in total. The van der Waals surface area contributed by atoms with Crippen LogP contribution in [-0.2, 0) is 39.0 Å². The van der Waals surface area contributed by atoms with E-state index in [9.17, 15) is 10.2 Å². The van der Waals surface area contributed by atoms with Gasteiger partial charge in [0, 0.05) is 52.0 Å². The van der Waals surface area contributed by atoms with Crippen LogP contribution in [0, 0.1) is 0 Å². The summed E-state index contributed by atoms with van der Waals surface area (Å²) in [5, 5.41) is 22.5. The summed E-state index contributed by atoms with van der Waals surface area (Å²) in [6.07, 6.45) is 7.90. The molecule has 7 nitrogen and oxygen atoms in total. The van der Waals surface area contributed by atoms with E-state index >= 15 is 0 Å². The number of aliphatic imine (C=N–C) groups is 2. The molecule has 242 valence electrons. The summed E-state index contributed by atoms with van der Waals surface area (Å²) in [7, 11) is 0. The third-order valence-corrected chi connectivity index (χ3v) is 8.13. The van der Waals surface area contributed by atoms with Gasteiger partial charge in [0.2, 0.25) is 0 Å². The Kier molecular flexibility index (Phi) is 13.4. The Hall–Kier alpha value is -2.78. The molecule has 0 aliphatic heterocycles. The Bertz CT molecular complexity index is 1260. The zero-order valence-electron chi connectivity index (χ0n) is 29.0. The summed E-state index contributed by atoms with van der Waals surface area (Å²) >= 11 is 0. The largest absolute Gasteiger partial charge is 0.507 e. The van der Waals surface area contributed by atoms with E-state index < -0.39 is 0 Å². The van der Waals surface area contributed by atoms with Gasteiger partial charge in [-0.3, -0.25) is 14.9 Å². The molecule has 0 bridgehead atoms. The summed E-state index contributed by atoms with van der Waals surface area (Å²) in [6, 6.07) is 8.53. The molecular formula is C36H54CrN5O2-. The van der Waals surface area contributed by atoms with Crippen molar-refractivity contribution in [2.45, 2.75) is 143 Å². The van der Waals surface area contributed by atoms with Crippen LogP contribution in [0.1, 0.15) is 142 Å². The van der Waals surface area contributed by atoms with Gasteiger partial charge in [0.15, 0.2) is 0 Å². The second-order valence-corrected chi connectivity index (χ2v) is 16.0. The number of hydrogen-bond acceptors (Lipinski definition) is 4. The zero-order chi connectivity index (χ0) is 33.0. The molecule has 0 saturated heterocycles. The quantitative estimate of drug-likeness (QED) is 0.149. The first-order valence-corrected chi connectivity index (χ1v) is 15.4. The molecule has 1 aliphatic rings. The van der Waals surface area contributed by atoms with Crippen LogP contribution in [0.2, 0.25) is 0 Å². The van der Waals surface area contributed by atoms with E-state index in [1.165, 1.54) is 16.0 Å². The number of phenolic OH excluding ortho intramolecular Hbond substituents is 2. The molecule has 0 spiro atoms. The van der Waals surface area contributed by atoms with E-state index in [1.54, 1.807) is 0 Å².